The van der Waals surface area contributed by atoms with Gasteiger partial charge in [-0.2, -0.15) is 0 Å². The van der Waals surface area contributed by atoms with Crippen LogP contribution in [0.1, 0.15) is 31.3 Å². The van der Waals surface area contributed by atoms with Crippen LogP contribution >= 0.6 is 0 Å². The Morgan fingerprint density at radius 2 is 1.90 bits per heavy atom. The van der Waals surface area contributed by atoms with Crippen molar-refractivity contribution >= 4 is 34.2 Å². The minimum atomic E-state index is -0.660. The zero-order chi connectivity index (χ0) is 21.5. The summed E-state index contributed by atoms with van der Waals surface area (Å²) in [5.41, 5.74) is 0.528. The number of para-hydroxylation sites is 1. The van der Waals surface area contributed by atoms with Gasteiger partial charge < -0.3 is 19.4 Å². The summed E-state index contributed by atoms with van der Waals surface area (Å²) >= 11 is 0. The molecule has 0 atom stereocenters. The van der Waals surface area contributed by atoms with Gasteiger partial charge in [0.1, 0.15) is 17.9 Å². The third-order valence-electron chi connectivity index (χ3n) is 5.10. The van der Waals surface area contributed by atoms with Crippen LogP contribution in [0.15, 0.2) is 57.7 Å². The van der Waals surface area contributed by atoms with Crippen LogP contribution in [0.4, 0.5) is 11.4 Å². The van der Waals surface area contributed by atoms with Crippen molar-refractivity contribution in [1.82, 2.24) is 0 Å². The smallest absolute Gasteiger partial charge is 0.291 e. The fraction of sp³-hybridized carbons (Fsp3) is 0.261. The van der Waals surface area contributed by atoms with E-state index in [4.69, 9.17) is 9.15 Å². The highest BCUT2D eigenvalue weighted by Gasteiger charge is 2.37. The SMILES string of the molecule is CCN1C(=O)C(C)(C)COc2cc(NC(=O)c3cc(=O)c4ccccc4o3)ccc21. The average molecular weight is 406 g/mol. The zero-order valence-corrected chi connectivity index (χ0v) is 17.0. The first-order chi connectivity index (χ1) is 14.3. The predicted octanol–water partition coefficient (Wildman–Crippen LogP) is 3.82. The van der Waals surface area contributed by atoms with Gasteiger partial charge in [-0.3, -0.25) is 14.4 Å². The first-order valence-corrected chi connectivity index (χ1v) is 9.73. The van der Waals surface area contributed by atoms with Crippen LogP contribution in [0, 0.1) is 5.41 Å². The molecular formula is C23H22N2O5. The molecule has 0 unspecified atom stereocenters. The number of carbonyl (C=O) groups excluding carboxylic acids is 2. The van der Waals surface area contributed by atoms with Crippen molar-refractivity contribution in [3.05, 3.63) is 64.5 Å². The third kappa shape index (κ3) is 3.43. The van der Waals surface area contributed by atoms with Crippen molar-refractivity contribution in [2.24, 2.45) is 5.41 Å². The molecule has 7 heteroatoms. The summed E-state index contributed by atoms with van der Waals surface area (Å²) in [7, 11) is 0. The van der Waals surface area contributed by atoms with Crippen LogP contribution in [0.5, 0.6) is 5.75 Å². The summed E-state index contributed by atoms with van der Waals surface area (Å²) in [5.74, 6) is -0.136. The molecule has 1 aliphatic heterocycles. The molecular weight excluding hydrogens is 384 g/mol. The van der Waals surface area contributed by atoms with Gasteiger partial charge in [0.25, 0.3) is 5.91 Å². The minimum absolute atomic E-state index is 0.0153. The van der Waals surface area contributed by atoms with E-state index >= 15 is 0 Å². The van der Waals surface area contributed by atoms with Crippen molar-refractivity contribution in [2.75, 3.05) is 23.4 Å². The molecule has 30 heavy (non-hydrogen) atoms. The van der Waals surface area contributed by atoms with Crippen molar-refractivity contribution in [2.45, 2.75) is 20.8 Å². The van der Waals surface area contributed by atoms with Crippen molar-refractivity contribution in [1.29, 1.82) is 0 Å². The van der Waals surface area contributed by atoms with Gasteiger partial charge in [0.15, 0.2) is 11.2 Å². The maximum atomic E-state index is 12.8. The lowest BCUT2D eigenvalue weighted by atomic mass is 9.93. The van der Waals surface area contributed by atoms with E-state index in [1.165, 1.54) is 6.07 Å². The molecule has 0 bridgehead atoms. The van der Waals surface area contributed by atoms with E-state index in [1.807, 2.05) is 20.8 Å². The molecule has 2 heterocycles. The quantitative estimate of drug-likeness (QED) is 0.714. The zero-order valence-electron chi connectivity index (χ0n) is 17.0. The first kappa shape index (κ1) is 19.7. The molecule has 0 aliphatic carbocycles. The number of fused-ring (bicyclic) bond motifs is 2. The molecule has 3 aromatic rings. The number of hydrogen-bond donors (Lipinski definition) is 1. The van der Waals surface area contributed by atoms with Crippen LogP contribution in [0.2, 0.25) is 0 Å². The normalized spacial score (nSPS) is 15.3. The van der Waals surface area contributed by atoms with Gasteiger partial charge in [-0.05, 0) is 45.0 Å². The van der Waals surface area contributed by atoms with E-state index in [9.17, 15) is 14.4 Å². The van der Waals surface area contributed by atoms with Crippen molar-refractivity contribution < 1.29 is 18.7 Å². The molecule has 0 saturated heterocycles. The Balaban J connectivity index is 1.64. The van der Waals surface area contributed by atoms with E-state index in [0.29, 0.717) is 34.6 Å². The summed E-state index contributed by atoms with van der Waals surface area (Å²) in [5, 5.41) is 3.15. The molecule has 4 rings (SSSR count). The van der Waals surface area contributed by atoms with E-state index in [0.717, 1.165) is 0 Å². The molecule has 0 fully saturated rings. The van der Waals surface area contributed by atoms with Gasteiger partial charge in [-0.25, -0.2) is 0 Å². The van der Waals surface area contributed by atoms with Crippen molar-refractivity contribution in [3.63, 3.8) is 0 Å². The van der Waals surface area contributed by atoms with Gasteiger partial charge in [-0.1, -0.05) is 12.1 Å². The lowest BCUT2D eigenvalue weighted by Crippen LogP contribution is -2.42. The molecule has 2 aromatic carbocycles. The van der Waals surface area contributed by atoms with Crippen LogP contribution in [0.25, 0.3) is 11.0 Å². The number of anilines is 2. The number of benzene rings is 2. The molecule has 2 amide bonds. The third-order valence-corrected chi connectivity index (χ3v) is 5.10. The van der Waals surface area contributed by atoms with Crippen LogP contribution < -0.4 is 20.4 Å². The second kappa shape index (κ2) is 7.33. The highest BCUT2D eigenvalue weighted by Crippen LogP contribution is 2.38. The number of nitrogens with zero attached hydrogens (tertiary/aromatic N) is 1. The summed E-state index contributed by atoms with van der Waals surface area (Å²) in [4.78, 5) is 39.4. The number of nitrogens with one attached hydrogen (secondary N) is 1. The lowest BCUT2D eigenvalue weighted by molar-refractivity contribution is -0.127. The summed E-state index contributed by atoms with van der Waals surface area (Å²) in [6.45, 7) is 6.32. The van der Waals surface area contributed by atoms with E-state index < -0.39 is 11.3 Å². The summed E-state index contributed by atoms with van der Waals surface area (Å²) < 4.78 is 11.5. The number of hydrogen-bond acceptors (Lipinski definition) is 5. The maximum absolute atomic E-state index is 12.8. The fourth-order valence-electron chi connectivity index (χ4n) is 3.45. The van der Waals surface area contributed by atoms with E-state index in [2.05, 4.69) is 5.32 Å². The Hall–Kier alpha value is -3.61. The fourth-order valence-corrected chi connectivity index (χ4v) is 3.45. The molecule has 7 nitrogen and oxygen atoms in total. The van der Waals surface area contributed by atoms with E-state index in [1.54, 1.807) is 47.4 Å². The Morgan fingerprint density at radius 3 is 2.67 bits per heavy atom. The second-order valence-corrected chi connectivity index (χ2v) is 7.83. The average Bonchev–Trinajstić information content (AvgIpc) is 2.82. The maximum Gasteiger partial charge on any atom is 0.291 e. The lowest BCUT2D eigenvalue weighted by Gasteiger charge is -2.26. The molecule has 154 valence electrons. The van der Waals surface area contributed by atoms with Gasteiger partial charge in [0.2, 0.25) is 5.91 Å². The second-order valence-electron chi connectivity index (χ2n) is 7.83. The monoisotopic (exact) mass is 406 g/mol. The highest BCUT2D eigenvalue weighted by molar-refractivity contribution is 6.04. The van der Waals surface area contributed by atoms with Crippen LogP contribution in [0.3, 0.4) is 0 Å². The number of rotatable bonds is 3. The summed E-state index contributed by atoms with van der Waals surface area (Å²) in [6, 6.07) is 13.0. The van der Waals surface area contributed by atoms with Gasteiger partial charge in [-0.15, -0.1) is 0 Å². The van der Waals surface area contributed by atoms with E-state index in [-0.39, 0.29) is 23.7 Å². The van der Waals surface area contributed by atoms with Gasteiger partial charge in [0, 0.05) is 24.4 Å². The number of carbonyl (C=O) groups is 2. The molecule has 1 N–H and O–H groups in total. The van der Waals surface area contributed by atoms with Crippen molar-refractivity contribution in [3.8, 4) is 5.75 Å². The highest BCUT2D eigenvalue weighted by atomic mass is 16.5. The van der Waals surface area contributed by atoms with Gasteiger partial charge >= 0.3 is 0 Å². The Kier molecular flexibility index (Phi) is 4.81. The predicted molar refractivity (Wildman–Crippen MR) is 114 cm³/mol. The molecule has 0 saturated carbocycles. The molecule has 1 aliphatic rings. The number of amides is 2. The Bertz CT molecular complexity index is 1210. The Morgan fingerprint density at radius 1 is 1.13 bits per heavy atom. The first-order valence-electron chi connectivity index (χ1n) is 9.73. The molecule has 1 aromatic heterocycles. The van der Waals surface area contributed by atoms with Crippen LogP contribution in [-0.2, 0) is 4.79 Å². The topological polar surface area (TPSA) is 88.9 Å². The van der Waals surface area contributed by atoms with Crippen LogP contribution in [-0.4, -0.2) is 25.0 Å². The number of ether oxygens (including phenoxy) is 1. The molecule has 0 radical (unpaired) electrons. The largest absolute Gasteiger partial charge is 0.490 e. The summed E-state index contributed by atoms with van der Waals surface area (Å²) in [6.07, 6.45) is 0. The van der Waals surface area contributed by atoms with Gasteiger partial charge in [0.05, 0.1) is 16.5 Å². The standard InChI is InChI=1S/C23H22N2O5/c1-4-25-16-10-9-14(11-19(16)29-13-23(2,3)22(25)28)24-21(27)20-12-17(26)15-7-5-6-8-18(15)30-20/h5-12H,4,13H2,1-3H3,(H,24,27). The minimum Gasteiger partial charge on any atom is -0.490 e. The molecule has 0 spiro atoms. The Labute approximate surface area is 173 Å².